The first-order chi connectivity index (χ1) is 15.5. The third-order valence-corrected chi connectivity index (χ3v) is 9.58. The van der Waals surface area contributed by atoms with Crippen LogP contribution in [-0.4, -0.2) is 59.3 Å². The van der Waals surface area contributed by atoms with Crippen molar-refractivity contribution in [3.05, 3.63) is 55.9 Å². The van der Waals surface area contributed by atoms with E-state index in [9.17, 15) is 18.0 Å². The second-order valence-corrected chi connectivity index (χ2v) is 11.7. The number of amides is 1. The van der Waals surface area contributed by atoms with Crippen LogP contribution in [0.1, 0.15) is 27.1 Å². The molecule has 4 rings (SSSR count). The van der Waals surface area contributed by atoms with Crippen LogP contribution in [-0.2, 0) is 21.4 Å². The maximum Gasteiger partial charge on any atom is 0.262 e. The second-order valence-electron chi connectivity index (χ2n) is 8.65. The van der Waals surface area contributed by atoms with Gasteiger partial charge in [0.25, 0.3) is 5.56 Å². The molecular weight excluding hydrogens is 460 g/mol. The SMILES string of the molecule is Cc1cc(C)c(S(=O)(=O)N2CCN(C(=O)Cn3cnc4sc(C)c(C)c4c3=O)CC2)c(C)c1. The fourth-order valence-electron chi connectivity index (χ4n) is 4.51. The summed E-state index contributed by atoms with van der Waals surface area (Å²) < 4.78 is 29.3. The van der Waals surface area contributed by atoms with Gasteiger partial charge in [-0.2, -0.15) is 4.31 Å². The minimum absolute atomic E-state index is 0.112. The fourth-order valence-corrected chi connectivity index (χ4v) is 7.33. The average Bonchev–Trinajstić information content (AvgIpc) is 3.03. The van der Waals surface area contributed by atoms with E-state index in [1.54, 1.807) is 4.90 Å². The van der Waals surface area contributed by atoms with Gasteiger partial charge < -0.3 is 4.90 Å². The lowest BCUT2D eigenvalue weighted by molar-refractivity contribution is -0.133. The number of hydrogen-bond acceptors (Lipinski definition) is 6. The predicted octanol–water partition coefficient (Wildman–Crippen LogP) is 2.53. The number of fused-ring (bicyclic) bond motifs is 1. The highest BCUT2D eigenvalue weighted by Gasteiger charge is 2.32. The van der Waals surface area contributed by atoms with Crippen molar-refractivity contribution in [3.8, 4) is 0 Å². The molecule has 1 aliphatic rings. The van der Waals surface area contributed by atoms with Gasteiger partial charge in [-0.25, -0.2) is 13.4 Å². The first kappa shape index (κ1) is 23.6. The summed E-state index contributed by atoms with van der Waals surface area (Å²) in [6, 6.07) is 3.75. The van der Waals surface area contributed by atoms with E-state index in [-0.39, 0.29) is 44.2 Å². The molecule has 0 aliphatic carbocycles. The van der Waals surface area contributed by atoms with Crippen molar-refractivity contribution in [3.63, 3.8) is 0 Å². The van der Waals surface area contributed by atoms with Crippen LogP contribution in [0, 0.1) is 34.6 Å². The zero-order valence-electron chi connectivity index (χ0n) is 19.5. The average molecular weight is 489 g/mol. The Kier molecular flexibility index (Phi) is 6.19. The monoisotopic (exact) mass is 488 g/mol. The summed E-state index contributed by atoms with van der Waals surface area (Å²) in [6.07, 6.45) is 1.42. The molecule has 1 fully saturated rings. The normalized spacial score (nSPS) is 15.4. The maximum absolute atomic E-state index is 13.3. The number of hydrogen-bond donors (Lipinski definition) is 0. The molecule has 10 heteroatoms. The molecule has 0 unspecified atom stereocenters. The molecule has 1 aliphatic heterocycles. The highest BCUT2D eigenvalue weighted by atomic mass is 32.2. The number of carbonyl (C=O) groups is 1. The lowest BCUT2D eigenvalue weighted by Gasteiger charge is -2.34. The molecule has 0 bridgehead atoms. The van der Waals surface area contributed by atoms with Crippen LogP contribution < -0.4 is 5.56 Å². The molecule has 176 valence electrons. The molecular formula is C23H28N4O4S2. The Bertz CT molecular complexity index is 1390. The van der Waals surface area contributed by atoms with Gasteiger partial charge in [0.05, 0.1) is 16.6 Å². The maximum atomic E-state index is 13.3. The van der Waals surface area contributed by atoms with Crippen LogP contribution >= 0.6 is 11.3 Å². The Morgan fingerprint density at radius 3 is 2.24 bits per heavy atom. The Labute approximate surface area is 197 Å². The standard InChI is InChI=1S/C23H28N4O4S2/c1-14-10-15(2)21(16(3)11-14)33(30,31)27-8-6-25(7-9-27)19(28)12-26-13-24-22-20(23(26)29)17(4)18(5)32-22/h10-11,13H,6-9,12H2,1-5H3. The third-order valence-electron chi connectivity index (χ3n) is 6.26. The molecule has 0 radical (unpaired) electrons. The van der Waals surface area contributed by atoms with E-state index < -0.39 is 10.0 Å². The van der Waals surface area contributed by atoms with E-state index in [4.69, 9.17) is 0 Å². The zero-order chi connectivity index (χ0) is 24.1. The summed E-state index contributed by atoms with van der Waals surface area (Å²) in [5.41, 5.74) is 3.16. The number of aromatic nitrogens is 2. The largest absolute Gasteiger partial charge is 0.338 e. The summed E-state index contributed by atoms with van der Waals surface area (Å²) in [4.78, 5) is 33.8. The molecule has 0 N–H and O–H groups in total. The Morgan fingerprint density at radius 1 is 1.03 bits per heavy atom. The Hall–Kier alpha value is -2.56. The number of rotatable bonds is 4. The zero-order valence-corrected chi connectivity index (χ0v) is 21.1. The quantitative estimate of drug-likeness (QED) is 0.563. The van der Waals surface area contributed by atoms with Gasteiger partial charge in [-0.05, 0) is 51.3 Å². The summed E-state index contributed by atoms with van der Waals surface area (Å²) in [5, 5.41) is 0.563. The molecule has 2 aromatic heterocycles. The van der Waals surface area contributed by atoms with Crippen molar-refractivity contribution in [1.29, 1.82) is 0 Å². The van der Waals surface area contributed by atoms with Crippen molar-refractivity contribution >= 4 is 37.5 Å². The van der Waals surface area contributed by atoms with Gasteiger partial charge in [0.2, 0.25) is 15.9 Å². The highest BCUT2D eigenvalue weighted by molar-refractivity contribution is 7.89. The van der Waals surface area contributed by atoms with E-state index in [1.807, 2.05) is 46.8 Å². The molecule has 8 nitrogen and oxygen atoms in total. The number of sulfonamides is 1. The number of nitrogens with zero attached hydrogens (tertiary/aromatic N) is 4. The molecule has 1 aromatic carbocycles. The van der Waals surface area contributed by atoms with Gasteiger partial charge in [-0.1, -0.05) is 17.7 Å². The fraction of sp³-hybridized carbons (Fsp3) is 0.435. The second kappa shape index (κ2) is 8.66. The summed E-state index contributed by atoms with van der Waals surface area (Å²) in [5.74, 6) is -0.220. The highest BCUT2D eigenvalue weighted by Crippen LogP contribution is 2.27. The molecule has 3 heterocycles. The number of piperazine rings is 1. The van der Waals surface area contributed by atoms with Crippen molar-refractivity contribution in [1.82, 2.24) is 18.8 Å². The Balaban J connectivity index is 1.48. The number of aryl methyl sites for hydroxylation is 5. The predicted molar refractivity (Wildman–Crippen MR) is 129 cm³/mol. The smallest absolute Gasteiger partial charge is 0.262 e. The molecule has 0 spiro atoms. The molecule has 0 atom stereocenters. The van der Waals surface area contributed by atoms with E-state index >= 15 is 0 Å². The minimum atomic E-state index is -3.65. The van der Waals surface area contributed by atoms with Crippen LogP contribution in [0.25, 0.3) is 10.2 Å². The van der Waals surface area contributed by atoms with Crippen molar-refractivity contribution < 1.29 is 13.2 Å². The Morgan fingerprint density at radius 2 is 1.64 bits per heavy atom. The van der Waals surface area contributed by atoms with Crippen LogP contribution in [0.2, 0.25) is 0 Å². The van der Waals surface area contributed by atoms with Gasteiger partial charge in [0.1, 0.15) is 11.4 Å². The van der Waals surface area contributed by atoms with Crippen molar-refractivity contribution in [2.45, 2.75) is 46.1 Å². The van der Waals surface area contributed by atoms with Crippen molar-refractivity contribution in [2.75, 3.05) is 26.2 Å². The topological polar surface area (TPSA) is 92.6 Å². The molecule has 1 saturated heterocycles. The van der Waals surface area contributed by atoms with Gasteiger partial charge in [-0.3, -0.25) is 14.2 Å². The van der Waals surface area contributed by atoms with E-state index in [2.05, 4.69) is 4.98 Å². The van der Waals surface area contributed by atoms with Crippen LogP contribution in [0.15, 0.2) is 28.2 Å². The van der Waals surface area contributed by atoms with Crippen LogP contribution in [0.5, 0.6) is 0 Å². The number of thiophene rings is 1. The van der Waals surface area contributed by atoms with Crippen LogP contribution in [0.3, 0.4) is 0 Å². The summed E-state index contributed by atoms with van der Waals surface area (Å²) in [7, 11) is -3.65. The van der Waals surface area contributed by atoms with E-state index in [1.165, 1.54) is 26.5 Å². The number of benzene rings is 1. The molecule has 33 heavy (non-hydrogen) atoms. The minimum Gasteiger partial charge on any atom is -0.338 e. The van der Waals surface area contributed by atoms with Crippen LogP contribution in [0.4, 0.5) is 0 Å². The first-order valence-corrected chi connectivity index (χ1v) is 13.1. The summed E-state index contributed by atoms with van der Waals surface area (Å²) in [6.45, 7) is 10.3. The number of carbonyl (C=O) groups excluding carboxylic acids is 1. The molecule has 1 amide bonds. The lowest BCUT2D eigenvalue weighted by atomic mass is 10.1. The first-order valence-electron chi connectivity index (χ1n) is 10.8. The molecule has 0 saturated carbocycles. The van der Waals surface area contributed by atoms with Gasteiger partial charge in [-0.15, -0.1) is 11.3 Å². The van der Waals surface area contributed by atoms with Gasteiger partial charge in [0.15, 0.2) is 0 Å². The third kappa shape index (κ3) is 4.22. The summed E-state index contributed by atoms with van der Waals surface area (Å²) >= 11 is 1.47. The van der Waals surface area contributed by atoms with E-state index in [0.29, 0.717) is 15.1 Å². The lowest BCUT2D eigenvalue weighted by Crippen LogP contribution is -2.51. The van der Waals surface area contributed by atoms with E-state index in [0.717, 1.165) is 27.1 Å². The molecule has 3 aromatic rings. The van der Waals surface area contributed by atoms with Gasteiger partial charge in [0, 0.05) is 31.1 Å². The van der Waals surface area contributed by atoms with Crippen molar-refractivity contribution in [2.24, 2.45) is 0 Å². The van der Waals surface area contributed by atoms with Gasteiger partial charge >= 0.3 is 0 Å².